The molecule has 0 aliphatic heterocycles. The van der Waals surface area contributed by atoms with Crippen LogP contribution < -0.4 is 22.5 Å². The van der Waals surface area contributed by atoms with Crippen molar-refractivity contribution in [2.24, 2.45) is 5.73 Å². The SMILES string of the molecule is CC(C)(NC(=O)c1cc(N)cc(N)c1)C(N)=O. The number of primary amides is 1. The molecule has 1 rings (SSSR count). The van der Waals surface area contributed by atoms with Crippen molar-refractivity contribution in [3.63, 3.8) is 0 Å². The molecule has 0 spiro atoms. The van der Waals surface area contributed by atoms with E-state index in [-0.39, 0.29) is 5.56 Å². The van der Waals surface area contributed by atoms with E-state index in [0.29, 0.717) is 11.4 Å². The fraction of sp³-hybridized carbons (Fsp3) is 0.273. The van der Waals surface area contributed by atoms with E-state index in [0.717, 1.165) is 0 Å². The Bertz CT molecular complexity index is 448. The van der Waals surface area contributed by atoms with E-state index >= 15 is 0 Å². The lowest BCUT2D eigenvalue weighted by Crippen LogP contribution is -2.53. The third-order valence-corrected chi connectivity index (χ3v) is 2.28. The lowest BCUT2D eigenvalue weighted by Gasteiger charge is -2.22. The van der Waals surface area contributed by atoms with Gasteiger partial charge in [0, 0.05) is 16.9 Å². The van der Waals surface area contributed by atoms with E-state index < -0.39 is 17.4 Å². The third-order valence-electron chi connectivity index (χ3n) is 2.28. The van der Waals surface area contributed by atoms with Gasteiger partial charge < -0.3 is 22.5 Å². The molecular weight excluding hydrogens is 220 g/mol. The molecule has 0 aliphatic rings. The van der Waals surface area contributed by atoms with Crippen LogP contribution in [0.4, 0.5) is 11.4 Å². The highest BCUT2D eigenvalue weighted by Gasteiger charge is 2.27. The zero-order valence-electron chi connectivity index (χ0n) is 9.78. The Balaban J connectivity index is 2.94. The highest BCUT2D eigenvalue weighted by Crippen LogP contribution is 2.14. The van der Waals surface area contributed by atoms with E-state index in [1.807, 2.05) is 0 Å². The maximum absolute atomic E-state index is 11.8. The van der Waals surface area contributed by atoms with Crippen LogP contribution in [0.2, 0.25) is 0 Å². The van der Waals surface area contributed by atoms with Gasteiger partial charge >= 0.3 is 0 Å². The first-order valence-electron chi connectivity index (χ1n) is 5.01. The van der Waals surface area contributed by atoms with Crippen molar-refractivity contribution in [2.75, 3.05) is 11.5 Å². The molecule has 0 unspecified atom stereocenters. The molecule has 7 N–H and O–H groups in total. The summed E-state index contributed by atoms with van der Waals surface area (Å²) in [5.41, 5.74) is 16.2. The maximum Gasteiger partial charge on any atom is 0.252 e. The summed E-state index contributed by atoms with van der Waals surface area (Å²) >= 11 is 0. The molecule has 0 bridgehead atoms. The van der Waals surface area contributed by atoms with E-state index in [9.17, 15) is 9.59 Å². The fourth-order valence-electron chi connectivity index (χ4n) is 1.23. The number of hydrogen-bond acceptors (Lipinski definition) is 4. The van der Waals surface area contributed by atoms with Crippen LogP contribution in [0, 0.1) is 0 Å². The zero-order chi connectivity index (χ0) is 13.2. The van der Waals surface area contributed by atoms with Crippen molar-refractivity contribution in [2.45, 2.75) is 19.4 Å². The molecule has 1 aromatic rings. The summed E-state index contributed by atoms with van der Waals surface area (Å²) < 4.78 is 0. The standard InChI is InChI=1S/C11H16N4O2/c1-11(2,10(14)17)15-9(16)6-3-7(12)5-8(13)4-6/h3-5H,12-13H2,1-2H3,(H2,14,17)(H,15,16). The topological polar surface area (TPSA) is 124 Å². The Labute approximate surface area is 99.1 Å². The van der Waals surface area contributed by atoms with Crippen LogP contribution in [0.3, 0.4) is 0 Å². The van der Waals surface area contributed by atoms with E-state index in [1.54, 1.807) is 0 Å². The van der Waals surface area contributed by atoms with E-state index in [1.165, 1.54) is 32.0 Å². The third kappa shape index (κ3) is 3.10. The molecule has 17 heavy (non-hydrogen) atoms. The van der Waals surface area contributed by atoms with Gasteiger partial charge in [0.25, 0.3) is 5.91 Å². The van der Waals surface area contributed by atoms with Gasteiger partial charge in [-0.2, -0.15) is 0 Å². The summed E-state index contributed by atoms with van der Waals surface area (Å²) in [6.07, 6.45) is 0. The van der Waals surface area contributed by atoms with Crippen molar-refractivity contribution in [1.29, 1.82) is 0 Å². The van der Waals surface area contributed by atoms with Crippen molar-refractivity contribution < 1.29 is 9.59 Å². The second-order valence-corrected chi connectivity index (χ2v) is 4.33. The predicted molar refractivity (Wildman–Crippen MR) is 66.0 cm³/mol. The summed E-state index contributed by atoms with van der Waals surface area (Å²) in [5.74, 6) is -1.07. The lowest BCUT2D eigenvalue weighted by atomic mass is 10.0. The minimum Gasteiger partial charge on any atom is -0.399 e. The quantitative estimate of drug-likeness (QED) is 0.544. The molecule has 0 atom stereocenters. The first kappa shape index (κ1) is 12.8. The number of nitrogens with one attached hydrogen (secondary N) is 1. The second kappa shape index (κ2) is 4.32. The van der Waals surface area contributed by atoms with Crippen LogP contribution >= 0.6 is 0 Å². The fourth-order valence-corrected chi connectivity index (χ4v) is 1.23. The van der Waals surface area contributed by atoms with Crippen molar-refractivity contribution >= 4 is 23.2 Å². The molecule has 2 amide bonds. The average Bonchev–Trinajstić information content (AvgIpc) is 2.15. The smallest absolute Gasteiger partial charge is 0.252 e. The molecule has 0 saturated carbocycles. The van der Waals surface area contributed by atoms with Crippen LogP contribution in [-0.4, -0.2) is 17.4 Å². The van der Waals surface area contributed by atoms with Crippen LogP contribution in [0.15, 0.2) is 18.2 Å². The van der Waals surface area contributed by atoms with Crippen molar-refractivity contribution in [1.82, 2.24) is 5.32 Å². The summed E-state index contributed by atoms with van der Waals surface area (Å²) in [6, 6.07) is 4.49. The number of nitrogen functional groups attached to an aromatic ring is 2. The Morgan fingerprint density at radius 2 is 1.59 bits per heavy atom. The first-order chi connectivity index (χ1) is 7.72. The number of carbonyl (C=O) groups is 2. The number of nitrogens with two attached hydrogens (primary N) is 3. The Kier molecular flexibility index (Phi) is 3.26. The predicted octanol–water partition coefficient (Wildman–Crippen LogP) is -0.155. The molecule has 0 fully saturated rings. The summed E-state index contributed by atoms with van der Waals surface area (Å²) in [7, 11) is 0. The Morgan fingerprint density at radius 3 is 2.00 bits per heavy atom. The molecule has 0 aliphatic carbocycles. The van der Waals surface area contributed by atoms with Gasteiger partial charge in [-0.15, -0.1) is 0 Å². The molecule has 92 valence electrons. The van der Waals surface area contributed by atoms with Gasteiger partial charge in [-0.3, -0.25) is 9.59 Å². The average molecular weight is 236 g/mol. The number of carbonyl (C=O) groups excluding carboxylic acids is 2. The number of amides is 2. The Hall–Kier alpha value is -2.24. The number of anilines is 2. The van der Waals surface area contributed by atoms with Crippen molar-refractivity contribution in [3.05, 3.63) is 23.8 Å². The van der Waals surface area contributed by atoms with Crippen LogP contribution in [0.5, 0.6) is 0 Å². The molecular formula is C11H16N4O2. The molecule has 6 nitrogen and oxygen atoms in total. The van der Waals surface area contributed by atoms with E-state index in [2.05, 4.69) is 5.32 Å². The molecule has 6 heteroatoms. The molecule has 0 heterocycles. The minimum absolute atomic E-state index is 0.289. The molecule has 0 radical (unpaired) electrons. The summed E-state index contributed by atoms with van der Waals surface area (Å²) in [5, 5.41) is 2.50. The van der Waals surface area contributed by atoms with Crippen LogP contribution in [0.1, 0.15) is 24.2 Å². The number of hydrogen-bond donors (Lipinski definition) is 4. The van der Waals surface area contributed by atoms with Crippen LogP contribution in [0.25, 0.3) is 0 Å². The highest BCUT2D eigenvalue weighted by atomic mass is 16.2. The number of rotatable bonds is 3. The Morgan fingerprint density at radius 1 is 1.12 bits per heavy atom. The van der Waals surface area contributed by atoms with Crippen molar-refractivity contribution in [3.8, 4) is 0 Å². The van der Waals surface area contributed by atoms with Gasteiger partial charge in [0.05, 0.1) is 0 Å². The number of benzene rings is 1. The minimum atomic E-state index is -1.13. The van der Waals surface area contributed by atoms with Gasteiger partial charge in [0.1, 0.15) is 5.54 Å². The van der Waals surface area contributed by atoms with Gasteiger partial charge in [0.15, 0.2) is 0 Å². The maximum atomic E-state index is 11.8. The first-order valence-corrected chi connectivity index (χ1v) is 5.01. The molecule has 1 aromatic carbocycles. The second-order valence-electron chi connectivity index (χ2n) is 4.33. The summed E-state index contributed by atoms with van der Waals surface area (Å²) in [6.45, 7) is 3.03. The normalized spacial score (nSPS) is 10.9. The van der Waals surface area contributed by atoms with Gasteiger partial charge in [-0.1, -0.05) is 0 Å². The largest absolute Gasteiger partial charge is 0.399 e. The van der Waals surface area contributed by atoms with Gasteiger partial charge in [-0.05, 0) is 32.0 Å². The monoisotopic (exact) mass is 236 g/mol. The van der Waals surface area contributed by atoms with Gasteiger partial charge in [-0.25, -0.2) is 0 Å². The van der Waals surface area contributed by atoms with Crippen LogP contribution in [-0.2, 0) is 4.79 Å². The van der Waals surface area contributed by atoms with Gasteiger partial charge in [0.2, 0.25) is 5.91 Å². The zero-order valence-corrected chi connectivity index (χ0v) is 9.78. The highest BCUT2D eigenvalue weighted by molar-refractivity contribution is 5.99. The van der Waals surface area contributed by atoms with E-state index in [4.69, 9.17) is 17.2 Å². The molecule has 0 saturated heterocycles. The lowest BCUT2D eigenvalue weighted by molar-refractivity contribution is -0.122. The molecule has 0 aromatic heterocycles. The summed E-state index contributed by atoms with van der Waals surface area (Å²) in [4.78, 5) is 22.9.